The largest absolute Gasteiger partial charge is 0.444 e. The van der Waals surface area contributed by atoms with Gasteiger partial charge in [-0.1, -0.05) is 6.07 Å². The third-order valence-electron chi connectivity index (χ3n) is 3.33. The third-order valence-corrected chi connectivity index (χ3v) is 3.33. The molecule has 0 aliphatic rings. The predicted octanol–water partition coefficient (Wildman–Crippen LogP) is 3.79. The van der Waals surface area contributed by atoms with E-state index in [9.17, 15) is 14.9 Å². The molecule has 26 heavy (non-hydrogen) atoms. The maximum Gasteiger partial charge on any atom is 0.410 e. The molecule has 0 aliphatic carbocycles. The van der Waals surface area contributed by atoms with Crippen LogP contribution in [0.5, 0.6) is 0 Å². The van der Waals surface area contributed by atoms with Crippen LogP contribution in [0, 0.1) is 10.1 Å². The number of carbonyl (C=O) groups excluding carboxylic acids is 1. The molecule has 1 amide bonds. The summed E-state index contributed by atoms with van der Waals surface area (Å²) < 4.78 is 11.0. The number of nitrogens with zero attached hydrogens (tertiary/aromatic N) is 4. The molecule has 9 nitrogen and oxygen atoms in total. The average Bonchev–Trinajstić information content (AvgIpc) is 2.99. The summed E-state index contributed by atoms with van der Waals surface area (Å²) in [6, 6.07) is 5.77. The summed E-state index contributed by atoms with van der Waals surface area (Å²) in [5.74, 6) is 0.364. The highest BCUT2D eigenvalue weighted by Gasteiger charge is 2.26. The normalized spacial score (nSPS) is 11.5. The first-order chi connectivity index (χ1) is 12.1. The summed E-state index contributed by atoms with van der Waals surface area (Å²) in [5.41, 5.74) is -0.251. The van der Waals surface area contributed by atoms with Crippen molar-refractivity contribution in [3.8, 4) is 11.5 Å². The topological polar surface area (TPSA) is 112 Å². The smallest absolute Gasteiger partial charge is 0.410 e. The average molecular weight is 362 g/mol. The van der Waals surface area contributed by atoms with Gasteiger partial charge in [-0.2, -0.15) is 0 Å². The van der Waals surface area contributed by atoms with Crippen LogP contribution in [-0.2, 0) is 11.3 Å². The van der Waals surface area contributed by atoms with Crippen molar-refractivity contribution in [2.45, 2.75) is 52.8 Å². The van der Waals surface area contributed by atoms with Crippen molar-refractivity contribution in [1.29, 1.82) is 0 Å². The second-order valence-electron chi connectivity index (χ2n) is 7.01. The van der Waals surface area contributed by atoms with Crippen molar-refractivity contribution >= 4 is 11.8 Å². The van der Waals surface area contributed by atoms with Gasteiger partial charge in [0.05, 0.1) is 4.92 Å². The van der Waals surface area contributed by atoms with Crippen LogP contribution in [0.2, 0.25) is 0 Å². The van der Waals surface area contributed by atoms with Crippen LogP contribution in [0.1, 0.15) is 40.5 Å². The van der Waals surface area contributed by atoms with Crippen molar-refractivity contribution in [1.82, 2.24) is 15.1 Å². The van der Waals surface area contributed by atoms with Crippen LogP contribution >= 0.6 is 0 Å². The predicted molar refractivity (Wildman–Crippen MR) is 93.3 cm³/mol. The van der Waals surface area contributed by atoms with E-state index in [1.807, 2.05) is 13.8 Å². The van der Waals surface area contributed by atoms with E-state index in [1.165, 1.54) is 17.0 Å². The zero-order valence-electron chi connectivity index (χ0n) is 15.4. The second-order valence-corrected chi connectivity index (χ2v) is 7.01. The van der Waals surface area contributed by atoms with E-state index >= 15 is 0 Å². The highest BCUT2D eigenvalue weighted by atomic mass is 16.6. The molecule has 1 aromatic carbocycles. The van der Waals surface area contributed by atoms with Gasteiger partial charge >= 0.3 is 6.09 Å². The van der Waals surface area contributed by atoms with E-state index < -0.39 is 16.6 Å². The number of carbonyl (C=O) groups is 1. The van der Waals surface area contributed by atoms with Crippen LogP contribution in [0.25, 0.3) is 11.5 Å². The van der Waals surface area contributed by atoms with Gasteiger partial charge in [0.15, 0.2) is 0 Å². The van der Waals surface area contributed by atoms with Gasteiger partial charge in [-0.25, -0.2) is 4.79 Å². The Morgan fingerprint density at radius 3 is 2.62 bits per heavy atom. The van der Waals surface area contributed by atoms with Crippen LogP contribution in [0.4, 0.5) is 10.5 Å². The lowest BCUT2D eigenvalue weighted by atomic mass is 10.2. The molecule has 0 aliphatic heterocycles. The lowest BCUT2D eigenvalue weighted by Gasteiger charge is -2.29. The minimum absolute atomic E-state index is 0.0696. The highest BCUT2D eigenvalue weighted by molar-refractivity contribution is 5.68. The van der Waals surface area contributed by atoms with Crippen molar-refractivity contribution < 1.29 is 18.9 Å². The first-order valence-corrected chi connectivity index (χ1v) is 8.13. The molecule has 0 saturated heterocycles. The molecule has 0 saturated carbocycles. The van der Waals surface area contributed by atoms with Crippen molar-refractivity contribution in [3.05, 3.63) is 40.3 Å². The van der Waals surface area contributed by atoms with Gasteiger partial charge in [0.2, 0.25) is 11.8 Å². The van der Waals surface area contributed by atoms with Gasteiger partial charge in [-0.3, -0.25) is 15.0 Å². The molecule has 0 radical (unpaired) electrons. The van der Waals surface area contributed by atoms with Gasteiger partial charge in [-0.05, 0) is 40.7 Å². The van der Waals surface area contributed by atoms with E-state index in [0.717, 1.165) is 0 Å². The molecule has 0 unspecified atom stereocenters. The van der Waals surface area contributed by atoms with Crippen LogP contribution < -0.4 is 0 Å². The summed E-state index contributed by atoms with van der Waals surface area (Å²) >= 11 is 0. The zero-order valence-corrected chi connectivity index (χ0v) is 15.4. The van der Waals surface area contributed by atoms with Crippen molar-refractivity contribution in [2.75, 3.05) is 0 Å². The van der Waals surface area contributed by atoms with Gasteiger partial charge < -0.3 is 9.15 Å². The van der Waals surface area contributed by atoms with Crippen molar-refractivity contribution in [3.63, 3.8) is 0 Å². The summed E-state index contributed by atoms with van der Waals surface area (Å²) in [6.45, 7) is 9.14. The van der Waals surface area contributed by atoms with E-state index in [4.69, 9.17) is 9.15 Å². The summed E-state index contributed by atoms with van der Waals surface area (Å²) in [5, 5.41) is 18.7. The van der Waals surface area contributed by atoms with Crippen LogP contribution in [0.15, 0.2) is 28.7 Å². The number of hydrogen-bond donors (Lipinski definition) is 0. The first-order valence-electron chi connectivity index (χ1n) is 8.13. The van der Waals surface area contributed by atoms with Crippen LogP contribution in [-0.4, -0.2) is 37.8 Å². The Bertz CT molecular complexity index is 794. The number of benzene rings is 1. The minimum Gasteiger partial charge on any atom is -0.444 e. The molecule has 0 atom stereocenters. The van der Waals surface area contributed by atoms with E-state index in [2.05, 4.69) is 10.2 Å². The zero-order chi connectivity index (χ0) is 19.5. The Morgan fingerprint density at radius 2 is 2.04 bits per heavy atom. The van der Waals surface area contributed by atoms with Gasteiger partial charge in [0.1, 0.15) is 12.1 Å². The quantitative estimate of drug-likeness (QED) is 0.587. The molecule has 140 valence electrons. The fourth-order valence-electron chi connectivity index (χ4n) is 2.11. The summed E-state index contributed by atoms with van der Waals surface area (Å²) in [6.07, 6.45) is -0.484. The van der Waals surface area contributed by atoms with Crippen LogP contribution in [0.3, 0.4) is 0 Å². The Balaban J connectivity index is 2.19. The molecule has 2 aromatic rings. The monoisotopic (exact) mass is 362 g/mol. The van der Waals surface area contributed by atoms with Gasteiger partial charge in [0, 0.05) is 23.7 Å². The van der Waals surface area contributed by atoms with E-state index in [1.54, 1.807) is 32.9 Å². The number of hydrogen-bond acceptors (Lipinski definition) is 7. The molecule has 0 N–H and O–H groups in total. The molecule has 9 heteroatoms. The number of nitro groups is 1. The molecular formula is C17H22N4O5. The molecule has 0 fully saturated rings. The fraction of sp³-hybridized carbons (Fsp3) is 0.471. The molecule has 0 spiro atoms. The number of amides is 1. The lowest BCUT2D eigenvalue weighted by molar-refractivity contribution is -0.384. The number of nitro benzene ring substituents is 1. The number of non-ortho nitro benzene ring substituents is 1. The molecule has 1 aromatic heterocycles. The summed E-state index contributed by atoms with van der Waals surface area (Å²) in [7, 11) is 0. The molecular weight excluding hydrogens is 340 g/mol. The second kappa shape index (κ2) is 7.51. The minimum atomic E-state index is -0.618. The SMILES string of the molecule is CC(C)N(Cc1nnc(-c2cccc([N+](=O)[O-])c2)o1)C(=O)OC(C)(C)C. The third kappa shape index (κ3) is 5.01. The van der Waals surface area contributed by atoms with Gasteiger partial charge in [-0.15, -0.1) is 10.2 Å². The lowest BCUT2D eigenvalue weighted by Crippen LogP contribution is -2.40. The van der Waals surface area contributed by atoms with E-state index in [0.29, 0.717) is 5.56 Å². The number of ether oxygens (including phenoxy) is 1. The maximum atomic E-state index is 12.3. The Hall–Kier alpha value is -2.97. The summed E-state index contributed by atoms with van der Waals surface area (Å²) in [4.78, 5) is 24.2. The Kier molecular flexibility index (Phi) is 5.59. The first kappa shape index (κ1) is 19.4. The Labute approximate surface area is 151 Å². The fourth-order valence-corrected chi connectivity index (χ4v) is 2.11. The standard InChI is InChI=1S/C17H22N4O5/c1-11(2)20(16(22)26-17(3,4)5)10-14-18-19-15(25-14)12-7-6-8-13(9-12)21(23)24/h6-9,11H,10H2,1-5H3. The van der Waals surface area contributed by atoms with E-state index in [-0.39, 0.29) is 30.1 Å². The molecule has 0 bridgehead atoms. The van der Waals surface area contributed by atoms with Crippen molar-refractivity contribution in [2.24, 2.45) is 0 Å². The number of rotatable bonds is 5. The van der Waals surface area contributed by atoms with Gasteiger partial charge in [0.25, 0.3) is 5.69 Å². The Morgan fingerprint density at radius 1 is 1.35 bits per heavy atom. The molecule has 1 heterocycles. The number of aromatic nitrogens is 2. The highest BCUT2D eigenvalue weighted by Crippen LogP contribution is 2.23. The molecule has 2 rings (SSSR count). The maximum absolute atomic E-state index is 12.3.